The fourth-order valence-electron chi connectivity index (χ4n) is 4.65. The van der Waals surface area contributed by atoms with Gasteiger partial charge in [-0.25, -0.2) is 9.79 Å². The number of guanidine groups is 1. The van der Waals surface area contributed by atoms with Gasteiger partial charge in [-0.2, -0.15) is 0 Å². The number of nitrogens with one attached hydrogen (secondary N) is 1. The predicted octanol–water partition coefficient (Wildman–Crippen LogP) is 1.95. The minimum Gasteiger partial charge on any atom is -0.465 e. The number of fused-ring (bicyclic) bond motifs is 5. The average molecular weight is 361 g/mol. The molecule has 0 aliphatic carbocycles. The number of likely N-dealkylation sites (tertiary alicyclic amines) is 1. The van der Waals surface area contributed by atoms with E-state index in [0.29, 0.717) is 47.7 Å². The smallest absolute Gasteiger partial charge is 0.341 e. The first-order valence-corrected chi connectivity index (χ1v) is 9.47. The summed E-state index contributed by atoms with van der Waals surface area (Å²) in [6.45, 7) is 7.06. The van der Waals surface area contributed by atoms with Crippen LogP contribution in [0.25, 0.3) is 0 Å². The number of aliphatic imine (C=N–C) groups is 1. The highest BCUT2D eigenvalue weighted by molar-refractivity contribution is 5.90. The molecule has 1 aromatic rings. The van der Waals surface area contributed by atoms with Crippen molar-refractivity contribution >= 4 is 11.9 Å². The number of ether oxygens (including phenoxy) is 2. The fourth-order valence-corrected chi connectivity index (χ4v) is 4.65. The highest BCUT2D eigenvalue weighted by Crippen LogP contribution is 2.47. The summed E-state index contributed by atoms with van der Waals surface area (Å²) in [4.78, 5) is 18.8. The third-order valence-electron chi connectivity index (χ3n) is 5.85. The monoisotopic (exact) mass is 361 g/mol. The van der Waals surface area contributed by atoms with Gasteiger partial charge < -0.3 is 24.1 Å². The van der Waals surface area contributed by atoms with Crippen LogP contribution in [0.4, 0.5) is 0 Å². The van der Waals surface area contributed by atoms with E-state index in [0.717, 1.165) is 25.6 Å². The highest BCUT2D eigenvalue weighted by atomic mass is 16.5. The van der Waals surface area contributed by atoms with Gasteiger partial charge in [0.25, 0.3) is 0 Å². The molecule has 0 radical (unpaired) electrons. The Morgan fingerprint density at radius 2 is 2.04 bits per heavy atom. The number of nitrogens with zero attached hydrogens (tertiary/aromatic N) is 2. The van der Waals surface area contributed by atoms with Gasteiger partial charge in [0.15, 0.2) is 5.96 Å². The maximum Gasteiger partial charge on any atom is 0.341 e. The van der Waals surface area contributed by atoms with Crippen LogP contribution in [0.1, 0.15) is 41.6 Å². The molecular weight excluding hydrogens is 334 g/mol. The number of carbonyl (C=O) groups excluding carboxylic acids is 1. The lowest BCUT2D eigenvalue weighted by Crippen LogP contribution is -2.41. The van der Waals surface area contributed by atoms with Crippen LogP contribution < -0.4 is 5.32 Å². The van der Waals surface area contributed by atoms with Crippen molar-refractivity contribution in [1.82, 2.24) is 10.2 Å². The number of methoxy groups -OCH3 is 1. The van der Waals surface area contributed by atoms with Crippen molar-refractivity contribution in [2.24, 2.45) is 16.8 Å². The minimum absolute atomic E-state index is 0.378. The van der Waals surface area contributed by atoms with E-state index in [9.17, 15) is 4.79 Å². The third kappa shape index (κ3) is 2.98. The molecule has 4 atom stereocenters. The molecule has 4 unspecified atom stereocenters. The van der Waals surface area contributed by atoms with Crippen molar-refractivity contribution in [1.29, 1.82) is 0 Å². The number of rotatable bonds is 4. The summed E-state index contributed by atoms with van der Waals surface area (Å²) in [6.07, 6.45) is 3.28. The topological polar surface area (TPSA) is 76.3 Å². The van der Waals surface area contributed by atoms with Gasteiger partial charge in [0.2, 0.25) is 0 Å². The molecule has 4 rings (SSSR count). The Morgan fingerprint density at radius 3 is 2.65 bits per heavy atom. The van der Waals surface area contributed by atoms with Crippen molar-refractivity contribution in [2.45, 2.75) is 45.4 Å². The number of furan rings is 1. The molecular formula is C19H27N3O4. The van der Waals surface area contributed by atoms with E-state index >= 15 is 0 Å². The molecule has 0 saturated carbocycles. The van der Waals surface area contributed by atoms with Gasteiger partial charge in [0.1, 0.15) is 23.6 Å². The molecule has 7 heteroatoms. The van der Waals surface area contributed by atoms with Crippen molar-refractivity contribution in [2.75, 3.05) is 26.7 Å². The summed E-state index contributed by atoms with van der Waals surface area (Å²) in [7, 11) is 1.37. The standard InChI is InChI=1S/C19H27N3O4/c1-4-20-19(21-8-12-7-13(11(2)25-12)18(23)24-3)22-9-14-15(10-22)17-6-5-16(14)26-17/h7,14-17H,4-6,8-10H2,1-3H3,(H,20,21). The van der Waals surface area contributed by atoms with Crippen LogP contribution in [-0.2, 0) is 16.0 Å². The summed E-state index contributed by atoms with van der Waals surface area (Å²) in [5.74, 6) is 3.03. The van der Waals surface area contributed by atoms with Crippen LogP contribution in [0.5, 0.6) is 0 Å². The lowest BCUT2D eigenvalue weighted by molar-refractivity contribution is 0.0598. The Bertz CT molecular complexity index is 696. The van der Waals surface area contributed by atoms with Gasteiger partial charge in [0.05, 0.1) is 19.3 Å². The molecule has 4 heterocycles. The van der Waals surface area contributed by atoms with E-state index in [4.69, 9.17) is 18.9 Å². The molecule has 142 valence electrons. The predicted molar refractivity (Wildman–Crippen MR) is 96.0 cm³/mol. The Morgan fingerprint density at radius 1 is 1.35 bits per heavy atom. The van der Waals surface area contributed by atoms with E-state index in [1.807, 2.05) is 0 Å². The van der Waals surface area contributed by atoms with E-state index in [-0.39, 0.29) is 5.97 Å². The van der Waals surface area contributed by atoms with Crippen LogP contribution >= 0.6 is 0 Å². The minimum atomic E-state index is -0.378. The zero-order valence-corrected chi connectivity index (χ0v) is 15.7. The Balaban J connectivity index is 1.46. The quantitative estimate of drug-likeness (QED) is 0.502. The van der Waals surface area contributed by atoms with Crippen molar-refractivity contribution in [3.8, 4) is 0 Å². The molecule has 0 aromatic carbocycles. The molecule has 1 aromatic heterocycles. The molecule has 3 fully saturated rings. The Kier molecular flexibility index (Phi) is 4.65. The Labute approximate surface area is 153 Å². The summed E-state index contributed by atoms with van der Waals surface area (Å²) in [5, 5.41) is 3.39. The number of esters is 1. The van der Waals surface area contributed by atoms with Gasteiger partial charge in [-0.1, -0.05) is 0 Å². The van der Waals surface area contributed by atoms with Crippen LogP contribution in [0.2, 0.25) is 0 Å². The van der Waals surface area contributed by atoms with E-state index in [2.05, 4.69) is 17.1 Å². The van der Waals surface area contributed by atoms with Crippen LogP contribution in [0, 0.1) is 18.8 Å². The molecule has 7 nitrogen and oxygen atoms in total. The number of hydrogen-bond acceptors (Lipinski definition) is 5. The molecule has 26 heavy (non-hydrogen) atoms. The van der Waals surface area contributed by atoms with Crippen LogP contribution in [-0.4, -0.2) is 55.8 Å². The molecule has 2 bridgehead atoms. The van der Waals surface area contributed by atoms with Gasteiger partial charge >= 0.3 is 5.97 Å². The zero-order chi connectivity index (χ0) is 18.3. The van der Waals surface area contributed by atoms with Gasteiger partial charge in [-0.3, -0.25) is 0 Å². The van der Waals surface area contributed by atoms with Gasteiger partial charge in [-0.05, 0) is 32.8 Å². The first-order chi connectivity index (χ1) is 12.6. The normalized spacial score (nSPS) is 30.0. The second-order valence-corrected chi connectivity index (χ2v) is 7.37. The molecule has 0 spiro atoms. The van der Waals surface area contributed by atoms with Crippen molar-refractivity contribution < 1.29 is 18.7 Å². The van der Waals surface area contributed by atoms with Crippen molar-refractivity contribution in [3.05, 3.63) is 23.2 Å². The van der Waals surface area contributed by atoms with Crippen LogP contribution in [0.3, 0.4) is 0 Å². The Hall–Kier alpha value is -2.02. The average Bonchev–Trinajstić information content (AvgIpc) is 3.38. The maximum atomic E-state index is 11.7. The van der Waals surface area contributed by atoms with E-state index < -0.39 is 0 Å². The molecule has 3 aliphatic heterocycles. The number of carbonyl (C=O) groups is 1. The second kappa shape index (κ2) is 6.95. The lowest BCUT2D eigenvalue weighted by atomic mass is 9.82. The zero-order valence-electron chi connectivity index (χ0n) is 15.7. The van der Waals surface area contributed by atoms with E-state index in [1.54, 1.807) is 13.0 Å². The summed E-state index contributed by atoms with van der Waals surface area (Å²) in [6, 6.07) is 1.72. The van der Waals surface area contributed by atoms with Gasteiger partial charge in [0, 0.05) is 31.5 Å². The number of hydrogen-bond donors (Lipinski definition) is 1. The largest absolute Gasteiger partial charge is 0.465 e. The van der Waals surface area contributed by atoms with Gasteiger partial charge in [-0.15, -0.1) is 0 Å². The lowest BCUT2D eigenvalue weighted by Gasteiger charge is -2.23. The fraction of sp³-hybridized carbons (Fsp3) is 0.684. The molecule has 3 aliphatic rings. The van der Waals surface area contributed by atoms with E-state index in [1.165, 1.54) is 20.0 Å². The third-order valence-corrected chi connectivity index (χ3v) is 5.85. The first-order valence-electron chi connectivity index (χ1n) is 9.47. The highest BCUT2D eigenvalue weighted by Gasteiger charge is 2.53. The maximum absolute atomic E-state index is 11.7. The van der Waals surface area contributed by atoms with Crippen LogP contribution in [0.15, 0.2) is 15.5 Å². The first kappa shape index (κ1) is 17.4. The van der Waals surface area contributed by atoms with Crippen molar-refractivity contribution in [3.63, 3.8) is 0 Å². The second-order valence-electron chi connectivity index (χ2n) is 7.37. The SMILES string of the molecule is CCNC(=NCc1cc(C(=O)OC)c(C)o1)N1CC2C3CCC(O3)C2C1. The molecule has 0 amide bonds. The summed E-state index contributed by atoms with van der Waals surface area (Å²) < 4.78 is 16.5. The summed E-state index contributed by atoms with van der Waals surface area (Å²) in [5.41, 5.74) is 0.465. The molecule has 1 N–H and O–H groups in total. The summed E-state index contributed by atoms with van der Waals surface area (Å²) >= 11 is 0. The number of aryl methyl sites for hydroxylation is 1. The molecule has 3 saturated heterocycles.